The Balaban J connectivity index is 2.29. The molecule has 0 atom stereocenters. The minimum absolute atomic E-state index is 0.136. The van der Waals surface area contributed by atoms with E-state index in [9.17, 15) is 0 Å². The molecule has 0 aromatic heterocycles. The van der Waals surface area contributed by atoms with Crippen molar-refractivity contribution in [3.63, 3.8) is 0 Å². The van der Waals surface area contributed by atoms with Crippen LogP contribution >= 0.6 is 0 Å². The Morgan fingerprint density at radius 3 is 2.42 bits per heavy atom. The molecule has 2 nitrogen and oxygen atoms in total. The van der Waals surface area contributed by atoms with E-state index in [0.29, 0.717) is 12.5 Å². The second-order valence-electron chi connectivity index (χ2n) is 4.21. The van der Waals surface area contributed by atoms with E-state index in [1.54, 1.807) is 0 Å². The van der Waals surface area contributed by atoms with Crippen LogP contribution in [0.15, 0.2) is 0 Å². The molecule has 1 rings (SSSR count). The van der Waals surface area contributed by atoms with Crippen molar-refractivity contribution in [3.8, 4) is 0 Å². The minimum Gasteiger partial charge on any atom is -0.394 e. The number of ether oxygens (including phenoxy) is 1. The molecule has 72 valence electrons. The summed E-state index contributed by atoms with van der Waals surface area (Å²) in [5.41, 5.74) is 0.136. The molecule has 0 unspecified atom stereocenters. The second-order valence-corrected chi connectivity index (χ2v) is 4.21. The fourth-order valence-electron chi connectivity index (χ4n) is 1.98. The van der Waals surface area contributed by atoms with Crippen molar-refractivity contribution < 1.29 is 9.84 Å². The third-order valence-electron chi connectivity index (χ3n) is 2.54. The quantitative estimate of drug-likeness (QED) is 0.687. The van der Waals surface area contributed by atoms with E-state index in [0.717, 1.165) is 6.42 Å². The smallest absolute Gasteiger partial charge is 0.0705 e. The van der Waals surface area contributed by atoms with Crippen LogP contribution in [0.25, 0.3) is 0 Å². The Morgan fingerprint density at radius 1 is 1.42 bits per heavy atom. The Morgan fingerprint density at radius 2 is 2.08 bits per heavy atom. The van der Waals surface area contributed by atoms with Gasteiger partial charge in [-0.25, -0.2) is 0 Å². The Kier molecular flexibility index (Phi) is 3.53. The average molecular weight is 172 g/mol. The topological polar surface area (TPSA) is 29.5 Å². The van der Waals surface area contributed by atoms with Gasteiger partial charge in [-0.05, 0) is 31.6 Å². The Hall–Kier alpha value is -0.0800. The number of aliphatic hydroxyl groups is 1. The van der Waals surface area contributed by atoms with Crippen LogP contribution in [0.1, 0.15) is 39.5 Å². The van der Waals surface area contributed by atoms with E-state index in [1.807, 2.05) is 0 Å². The van der Waals surface area contributed by atoms with Gasteiger partial charge in [0.05, 0.1) is 18.8 Å². The van der Waals surface area contributed by atoms with Gasteiger partial charge in [-0.2, -0.15) is 0 Å². The maximum Gasteiger partial charge on any atom is 0.0705 e. The van der Waals surface area contributed by atoms with Crippen molar-refractivity contribution in [1.82, 2.24) is 0 Å². The van der Waals surface area contributed by atoms with Crippen molar-refractivity contribution in [3.05, 3.63) is 0 Å². The molecule has 1 fully saturated rings. The first-order valence-electron chi connectivity index (χ1n) is 4.93. The van der Waals surface area contributed by atoms with Crippen LogP contribution in [0, 0.1) is 5.92 Å². The zero-order valence-corrected chi connectivity index (χ0v) is 8.18. The monoisotopic (exact) mass is 172 g/mol. The van der Waals surface area contributed by atoms with Crippen LogP contribution in [-0.2, 0) is 4.74 Å². The van der Waals surface area contributed by atoms with Crippen LogP contribution in [0.2, 0.25) is 0 Å². The highest BCUT2D eigenvalue weighted by Crippen LogP contribution is 2.40. The van der Waals surface area contributed by atoms with Crippen LogP contribution in [0.5, 0.6) is 0 Å². The lowest BCUT2D eigenvalue weighted by Crippen LogP contribution is -2.42. The van der Waals surface area contributed by atoms with Crippen molar-refractivity contribution in [1.29, 1.82) is 0 Å². The molecule has 0 amide bonds. The van der Waals surface area contributed by atoms with Gasteiger partial charge in [-0.3, -0.25) is 0 Å². The van der Waals surface area contributed by atoms with Gasteiger partial charge < -0.3 is 9.84 Å². The maximum atomic E-state index is 8.66. The Bertz CT molecular complexity index is 128. The average Bonchev–Trinajstić information content (AvgIpc) is 1.94. The first-order chi connectivity index (χ1) is 5.68. The van der Waals surface area contributed by atoms with Gasteiger partial charge in [0.15, 0.2) is 0 Å². The van der Waals surface area contributed by atoms with Gasteiger partial charge in [-0.15, -0.1) is 0 Å². The molecule has 0 aromatic carbocycles. The van der Waals surface area contributed by atoms with Crippen LogP contribution < -0.4 is 0 Å². The summed E-state index contributed by atoms with van der Waals surface area (Å²) in [7, 11) is 0. The molecule has 0 spiro atoms. The summed E-state index contributed by atoms with van der Waals surface area (Å²) < 4.78 is 5.68. The molecule has 1 saturated carbocycles. The number of rotatable bonds is 5. The molecule has 1 aliphatic rings. The van der Waals surface area contributed by atoms with E-state index in [1.165, 1.54) is 19.3 Å². The van der Waals surface area contributed by atoms with E-state index < -0.39 is 0 Å². The van der Waals surface area contributed by atoms with Gasteiger partial charge in [0.1, 0.15) is 0 Å². The number of hydrogen-bond acceptors (Lipinski definition) is 2. The zero-order valence-electron chi connectivity index (χ0n) is 8.18. The van der Waals surface area contributed by atoms with Crippen molar-refractivity contribution >= 4 is 0 Å². The molecule has 0 bridgehead atoms. The maximum absolute atomic E-state index is 8.66. The normalized spacial score (nSPS) is 21.0. The van der Waals surface area contributed by atoms with E-state index >= 15 is 0 Å². The first-order valence-corrected chi connectivity index (χ1v) is 4.93. The van der Waals surface area contributed by atoms with Crippen LogP contribution in [-0.4, -0.2) is 23.9 Å². The third-order valence-corrected chi connectivity index (χ3v) is 2.54. The van der Waals surface area contributed by atoms with Gasteiger partial charge in [0.25, 0.3) is 0 Å². The molecule has 0 radical (unpaired) electrons. The zero-order chi connectivity index (χ0) is 9.03. The summed E-state index contributed by atoms with van der Waals surface area (Å²) in [6.07, 6.45) is 4.81. The highest BCUT2D eigenvalue weighted by Gasteiger charge is 2.38. The molecule has 2 heteroatoms. The number of hydrogen-bond donors (Lipinski definition) is 1. The van der Waals surface area contributed by atoms with Gasteiger partial charge >= 0.3 is 0 Å². The standard InChI is InChI=1S/C10H20O2/c1-9(2)8-10(4-3-5-10)12-7-6-11/h9,11H,3-8H2,1-2H3. The van der Waals surface area contributed by atoms with Gasteiger partial charge in [-0.1, -0.05) is 13.8 Å². The molecule has 0 aliphatic heterocycles. The Labute approximate surface area is 74.9 Å². The lowest BCUT2D eigenvalue weighted by Gasteiger charge is -2.42. The molecule has 0 saturated heterocycles. The molecule has 0 aromatic rings. The summed E-state index contributed by atoms with van der Waals surface area (Å²) in [6, 6.07) is 0. The minimum atomic E-state index is 0.136. The van der Waals surface area contributed by atoms with Crippen molar-refractivity contribution in [2.45, 2.75) is 45.1 Å². The fraction of sp³-hybridized carbons (Fsp3) is 1.00. The van der Waals surface area contributed by atoms with Crippen molar-refractivity contribution in [2.24, 2.45) is 5.92 Å². The molecule has 1 N–H and O–H groups in total. The van der Waals surface area contributed by atoms with Gasteiger partial charge in [0.2, 0.25) is 0 Å². The summed E-state index contributed by atoms with van der Waals surface area (Å²) in [6.45, 7) is 5.11. The lowest BCUT2D eigenvalue weighted by molar-refractivity contribution is -0.119. The first kappa shape index (κ1) is 10.0. The number of aliphatic hydroxyl groups excluding tert-OH is 1. The largest absolute Gasteiger partial charge is 0.394 e. The summed E-state index contributed by atoms with van der Waals surface area (Å²) in [4.78, 5) is 0. The molecule has 12 heavy (non-hydrogen) atoms. The second kappa shape index (κ2) is 4.24. The van der Waals surface area contributed by atoms with Gasteiger partial charge in [0, 0.05) is 0 Å². The lowest BCUT2D eigenvalue weighted by atomic mass is 9.75. The highest BCUT2D eigenvalue weighted by atomic mass is 16.5. The van der Waals surface area contributed by atoms with Crippen molar-refractivity contribution in [2.75, 3.05) is 13.2 Å². The SMILES string of the molecule is CC(C)CC1(OCCO)CCC1. The molecular weight excluding hydrogens is 152 g/mol. The predicted octanol–water partition coefficient (Wildman–Crippen LogP) is 1.96. The third kappa shape index (κ3) is 2.46. The van der Waals surface area contributed by atoms with Crippen LogP contribution in [0.4, 0.5) is 0 Å². The summed E-state index contributed by atoms with van der Waals surface area (Å²) in [5.74, 6) is 0.698. The molecule has 1 aliphatic carbocycles. The summed E-state index contributed by atoms with van der Waals surface area (Å²) in [5, 5.41) is 8.66. The van der Waals surface area contributed by atoms with E-state index in [4.69, 9.17) is 9.84 Å². The molecule has 0 heterocycles. The summed E-state index contributed by atoms with van der Waals surface area (Å²) >= 11 is 0. The van der Waals surface area contributed by atoms with E-state index in [2.05, 4.69) is 13.8 Å². The highest BCUT2D eigenvalue weighted by molar-refractivity contribution is 4.90. The van der Waals surface area contributed by atoms with Crippen LogP contribution in [0.3, 0.4) is 0 Å². The van der Waals surface area contributed by atoms with E-state index in [-0.39, 0.29) is 12.2 Å². The predicted molar refractivity (Wildman–Crippen MR) is 49.1 cm³/mol. The fourth-order valence-corrected chi connectivity index (χ4v) is 1.98. The molecular formula is C10H20O2.